The van der Waals surface area contributed by atoms with Crippen molar-refractivity contribution in [1.82, 2.24) is 9.55 Å². The normalized spacial score (nSPS) is 10.2. The Hall–Kier alpha value is -3.10. The maximum Gasteiger partial charge on any atom is 0.463 e. The van der Waals surface area contributed by atoms with Crippen LogP contribution >= 0.6 is 0 Å². The van der Waals surface area contributed by atoms with Crippen LogP contribution in [0.2, 0.25) is 0 Å². The molecule has 1 heterocycles. The van der Waals surface area contributed by atoms with Gasteiger partial charge in [0.1, 0.15) is 0 Å². The van der Waals surface area contributed by atoms with Gasteiger partial charge in [0.05, 0.1) is 6.42 Å². The van der Waals surface area contributed by atoms with Gasteiger partial charge in [0.25, 0.3) is 0 Å². The Kier molecular flexibility index (Phi) is 3.51. The zero-order chi connectivity index (χ0) is 14.7. The highest BCUT2D eigenvalue weighted by atomic mass is 16.6. The van der Waals surface area contributed by atoms with E-state index >= 15 is 0 Å². The SMILES string of the molecule is O=C(Cc1ccccc1)n1cnc([N+](=O)[O-])c1[N+](=O)[O-]. The third kappa shape index (κ3) is 2.51. The number of nitro groups is 2. The van der Waals surface area contributed by atoms with Crippen molar-refractivity contribution < 1.29 is 14.6 Å². The summed E-state index contributed by atoms with van der Waals surface area (Å²) < 4.78 is 0.588. The lowest BCUT2D eigenvalue weighted by Gasteiger charge is -1.99. The monoisotopic (exact) mass is 276 g/mol. The van der Waals surface area contributed by atoms with E-state index in [1.165, 1.54) is 0 Å². The second-order valence-electron chi connectivity index (χ2n) is 3.83. The van der Waals surface area contributed by atoms with Gasteiger partial charge in [-0.2, -0.15) is 0 Å². The molecule has 0 saturated heterocycles. The summed E-state index contributed by atoms with van der Waals surface area (Å²) in [4.78, 5) is 34.8. The predicted octanol–water partition coefficient (Wildman–Crippen LogP) is 1.58. The maximum absolute atomic E-state index is 12.0. The van der Waals surface area contributed by atoms with E-state index in [4.69, 9.17) is 0 Å². The van der Waals surface area contributed by atoms with Gasteiger partial charge in [-0.1, -0.05) is 30.3 Å². The van der Waals surface area contributed by atoms with Crippen molar-refractivity contribution in [2.24, 2.45) is 0 Å². The van der Waals surface area contributed by atoms with Gasteiger partial charge in [-0.15, -0.1) is 4.57 Å². The number of imidazole rings is 1. The molecular formula is C11H8N4O5. The van der Waals surface area contributed by atoms with Crippen molar-refractivity contribution in [1.29, 1.82) is 0 Å². The second-order valence-corrected chi connectivity index (χ2v) is 3.83. The highest BCUT2D eigenvalue weighted by Gasteiger charge is 2.35. The summed E-state index contributed by atoms with van der Waals surface area (Å²) in [5, 5.41) is 21.5. The Bertz CT molecular complexity index is 679. The average Bonchev–Trinajstić information content (AvgIpc) is 2.84. The molecule has 0 aliphatic rings. The fraction of sp³-hybridized carbons (Fsp3) is 0.0909. The molecule has 0 radical (unpaired) electrons. The second kappa shape index (κ2) is 5.26. The van der Waals surface area contributed by atoms with Gasteiger partial charge < -0.3 is 20.2 Å². The topological polar surface area (TPSA) is 121 Å². The molecule has 0 amide bonds. The van der Waals surface area contributed by atoms with Gasteiger partial charge in [0.15, 0.2) is 0 Å². The maximum atomic E-state index is 12.0. The fourth-order valence-electron chi connectivity index (χ4n) is 1.67. The van der Waals surface area contributed by atoms with Crippen LogP contribution in [0.25, 0.3) is 0 Å². The number of nitrogens with zero attached hydrogens (tertiary/aromatic N) is 4. The minimum Gasteiger partial charge on any atom is -0.358 e. The van der Waals surface area contributed by atoms with Gasteiger partial charge in [0, 0.05) is 4.98 Å². The molecule has 0 N–H and O–H groups in total. The molecule has 0 fully saturated rings. The summed E-state index contributed by atoms with van der Waals surface area (Å²) in [7, 11) is 0. The Labute approximate surface area is 111 Å². The number of aromatic nitrogens is 2. The van der Waals surface area contributed by atoms with Crippen LogP contribution in [0.5, 0.6) is 0 Å². The van der Waals surface area contributed by atoms with Crippen molar-refractivity contribution in [2.75, 3.05) is 0 Å². The van der Waals surface area contributed by atoms with Crippen molar-refractivity contribution in [3.63, 3.8) is 0 Å². The summed E-state index contributed by atoms with van der Waals surface area (Å²) in [6.45, 7) is 0. The fourth-order valence-corrected chi connectivity index (χ4v) is 1.67. The van der Waals surface area contributed by atoms with Crippen LogP contribution in [0.15, 0.2) is 36.7 Å². The number of rotatable bonds is 4. The molecule has 0 aliphatic carbocycles. The molecule has 0 atom stereocenters. The lowest BCUT2D eigenvalue weighted by Crippen LogP contribution is -2.15. The van der Waals surface area contributed by atoms with E-state index in [0.717, 1.165) is 6.33 Å². The van der Waals surface area contributed by atoms with Gasteiger partial charge in [-0.25, -0.2) is 4.79 Å². The molecule has 0 unspecified atom stereocenters. The zero-order valence-electron chi connectivity index (χ0n) is 10.0. The quantitative estimate of drug-likeness (QED) is 0.617. The number of carbonyl (C=O) groups is 1. The first kappa shape index (κ1) is 13.3. The number of hydrogen-bond acceptors (Lipinski definition) is 6. The molecular weight excluding hydrogens is 268 g/mol. The lowest BCUT2D eigenvalue weighted by atomic mass is 10.1. The van der Waals surface area contributed by atoms with Crippen LogP contribution < -0.4 is 0 Å². The third-order valence-electron chi connectivity index (χ3n) is 2.54. The molecule has 2 aromatic rings. The summed E-state index contributed by atoms with van der Waals surface area (Å²) in [6.07, 6.45) is 0.677. The zero-order valence-corrected chi connectivity index (χ0v) is 10.0. The van der Waals surface area contributed by atoms with Crippen LogP contribution in [0.3, 0.4) is 0 Å². The van der Waals surface area contributed by atoms with Gasteiger partial charge in [-0.05, 0) is 15.4 Å². The minimum atomic E-state index is -0.996. The van der Waals surface area contributed by atoms with Gasteiger partial charge in [0.2, 0.25) is 0 Å². The molecule has 0 aliphatic heterocycles. The molecule has 0 saturated carbocycles. The van der Waals surface area contributed by atoms with Crippen molar-refractivity contribution >= 4 is 17.5 Å². The van der Waals surface area contributed by atoms with Crippen LogP contribution in [0.1, 0.15) is 10.4 Å². The number of benzene rings is 1. The summed E-state index contributed by atoms with van der Waals surface area (Å²) in [5.41, 5.74) is 0.642. The summed E-state index contributed by atoms with van der Waals surface area (Å²) >= 11 is 0. The first-order valence-electron chi connectivity index (χ1n) is 5.44. The Morgan fingerprint density at radius 1 is 1.15 bits per heavy atom. The molecule has 0 spiro atoms. The standard InChI is InChI=1S/C11H8N4O5/c16-9(6-8-4-2-1-3-5-8)13-7-12-10(14(17)18)11(13)15(19)20/h1-5,7H,6H2. The van der Waals surface area contributed by atoms with Crippen LogP contribution in [0, 0.1) is 20.2 Å². The van der Waals surface area contributed by atoms with E-state index < -0.39 is 27.4 Å². The number of hydrogen-bond donors (Lipinski definition) is 0. The Balaban J connectivity index is 2.35. The van der Waals surface area contributed by atoms with Crippen LogP contribution in [-0.2, 0) is 6.42 Å². The molecule has 9 nitrogen and oxygen atoms in total. The van der Waals surface area contributed by atoms with E-state index in [0.29, 0.717) is 10.1 Å². The molecule has 2 rings (SSSR count). The number of carbonyl (C=O) groups excluding carboxylic acids is 1. The molecule has 1 aromatic carbocycles. The van der Waals surface area contributed by atoms with Crippen molar-refractivity contribution in [3.05, 3.63) is 62.5 Å². The molecule has 20 heavy (non-hydrogen) atoms. The third-order valence-corrected chi connectivity index (χ3v) is 2.54. The predicted molar refractivity (Wildman–Crippen MR) is 66.3 cm³/mol. The lowest BCUT2D eigenvalue weighted by molar-refractivity contribution is -0.428. The van der Waals surface area contributed by atoms with E-state index in [2.05, 4.69) is 4.98 Å². The first-order valence-corrected chi connectivity index (χ1v) is 5.44. The average molecular weight is 276 g/mol. The molecule has 1 aromatic heterocycles. The van der Waals surface area contributed by atoms with E-state index in [-0.39, 0.29) is 6.42 Å². The van der Waals surface area contributed by atoms with E-state index in [9.17, 15) is 25.0 Å². The van der Waals surface area contributed by atoms with Crippen molar-refractivity contribution in [2.45, 2.75) is 6.42 Å². The largest absolute Gasteiger partial charge is 0.463 e. The first-order chi connectivity index (χ1) is 9.50. The smallest absolute Gasteiger partial charge is 0.358 e. The van der Waals surface area contributed by atoms with Crippen molar-refractivity contribution in [3.8, 4) is 0 Å². The van der Waals surface area contributed by atoms with Crippen LogP contribution in [0.4, 0.5) is 11.6 Å². The highest BCUT2D eigenvalue weighted by Crippen LogP contribution is 2.24. The van der Waals surface area contributed by atoms with E-state index in [1.807, 2.05) is 0 Å². The molecule has 102 valence electrons. The molecule has 9 heteroatoms. The summed E-state index contributed by atoms with van der Waals surface area (Å²) in [5.74, 6) is -2.55. The minimum absolute atomic E-state index is 0.116. The van der Waals surface area contributed by atoms with Crippen LogP contribution in [-0.4, -0.2) is 25.3 Å². The van der Waals surface area contributed by atoms with E-state index in [1.54, 1.807) is 30.3 Å². The van der Waals surface area contributed by atoms with Gasteiger partial charge >= 0.3 is 23.9 Å². The summed E-state index contributed by atoms with van der Waals surface area (Å²) in [6, 6.07) is 8.55. The molecule has 0 bridgehead atoms. The van der Waals surface area contributed by atoms with Gasteiger partial charge in [-0.3, -0.25) is 0 Å². The highest BCUT2D eigenvalue weighted by molar-refractivity contribution is 5.84. The Morgan fingerprint density at radius 3 is 2.35 bits per heavy atom. The Morgan fingerprint density at radius 2 is 1.80 bits per heavy atom.